The minimum Gasteiger partial charge on any atom is -0.478 e. The van der Waals surface area contributed by atoms with E-state index in [9.17, 15) is 9.18 Å². The Morgan fingerprint density at radius 1 is 1.47 bits per heavy atom. The number of carboxylic acid groups (broad SMARTS) is 1. The van der Waals surface area contributed by atoms with Gasteiger partial charge in [0, 0.05) is 0 Å². The van der Waals surface area contributed by atoms with Gasteiger partial charge in [0.1, 0.15) is 17.2 Å². The van der Waals surface area contributed by atoms with Crippen molar-refractivity contribution < 1.29 is 14.3 Å². The lowest BCUT2D eigenvalue weighted by atomic mass is 10.2. The van der Waals surface area contributed by atoms with Crippen molar-refractivity contribution in [1.82, 2.24) is 9.97 Å². The number of H-pyrrole nitrogens is 1. The highest BCUT2D eigenvalue weighted by Gasteiger charge is 2.16. The van der Waals surface area contributed by atoms with Crippen LogP contribution in [0.5, 0.6) is 0 Å². The molecule has 0 saturated heterocycles. The average molecular weight is 276 g/mol. The Morgan fingerprint density at radius 3 is 2.89 bits per heavy atom. The minimum atomic E-state index is -1.19. The van der Waals surface area contributed by atoms with Gasteiger partial charge < -0.3 is 10.1 Å². The maximum Gasteiger partial charge on any atom is 0.338 e. The molecule has 96 valence electrons. The number of hydrogen-bond acceptors (Lipinski definition) is 3. The Kier molecular flexibility index (Phi) is 2.60. The number of rotatable bonds is 2. The number of aryl methyl sites for hydroxylation is 1. The number of benzene rings is 1. The Morgan fingerprint density at radius 2 is 2.26 bits per heavy atom. The van der Waals surface area contributed by atoms with E-state index in [0.717, 1.165) is 16.5 Å². The molecule has 0 amide bonds. The van der Waals surface area contributed by atoms with Gasteiger partial charge in [-0.15, -0.1) is 11.3 Å². The number of carbonyl (C=O) groups is 1. The van der Waals surface area contributed by atoms with Gasteiger partial charge in [-0.3, -0.25) is 0 Å². The van der Waals surface area contributed by atoms with Crippen LogP contribution in [0.2, 0.25) is 0 Å². The van der Waals surface area contributed by atoms with E-state index in [2.05, 4.69) is 9.97 Å². The summed E-state index contributed by atoms with van der Waals surface area (Å²) in [6, 6.07) is 4.18. The number of aromatic nitrogens is 2. The molecular weight excluding hydrogens is 267 g/mol. The van der Waals surface area contributed by atoms with E-state index in [0.29, 0.717) is 11.3 Å². The maximum absolute atomic E-state index is 13.4. The quantitative estimate of drug-likeness (QED) is 0.753. The van der Waals surface area contributed by atoms with Crippen molar-refractivity contribution in [2.24, 2.45) is 0 Å². The molecule has 3 rings (SSSR count). The van der Waals surface area contributed by atoms with Gasteiger partial charge in [-0.1, -0.05) is 0 Å². The summed E-state index contributed by atoms with van der Waals surface area (Å²) in [5, 5.41) is 11.0. The van der Waals surface area contributed by atoms with Crippen molar-refractivity contribution in [2.45, 2.75) is 6.92 Å². The van der Waals surface area contributed by atoms with Crippen LogP contribution < -0.4 is 0 Å². The average Bonchev–Trinajstić information content (AvgIpc) is 2.93. The summed E-state index contributed by atoms with van der Waals surface area (Å²) in [5.74, 6) is -1.22. The van der Waals surface area contributed by atoms with E-state index in [4.69, 9.17) is 5.11 Å². The third-order valence-electron chi connectivity index (χ3n) is 2.86. The lowest BCUT2D eigenvalue weighted by molar-refractivity contribution is 0.0698. The van der Waals surface area contributed by atoms with Gasteiger partial charge >= 0.3 is 5.97 Å². The molecule has 0 aliphatic heterocycles. The number of nitrogens with one attached hydrogen (secondary N) is 1. The molecular formula is C13H9FN2O2S. The van der Waals surface area contributed by atoms with Gasteiger partial charge in [0.25, 0.3) is 0 Å². The van der Waals surface area contributed by atoms with Crippen LogP contribution in [0.4, 0.5) is 4.39 Å². The van der Waals surface area contributed by atoms with E-state index < -0.39 is 11.8 Å². The van der Waals surface area contributed by atoms with Crippen LogP contribution in [0, 0.1) is 12.7 Å². The fraction of sp³-hybridized carbons (Fsp3) is 0.0769. The second-order valence-electron chi connectivity index (χ2n) is 4.17. The highest BCUT2D eigenvalue weighted by Crippen LogP contribution is 2.29. The summed E-state index contributed by atoms with van der Waals surface area (Å²) in [4.78, 5) is 19.3. The molecule has 0 fully saturated rings. The van der Waals surface area contributed by atoms with Crippen LogP contribution in [0.25, 0.3) is 21.7 Å². The molecule has 6 heteroatoms. The van der Waals surface area contributed by atoms with Crippen LogP contribution in [0.3, 0.4) is 0 Å². The molecule has 3 aromatic rings. The number of aromatic carboxylic acids is 1. The van der Waals surface area contributed by atoms with Crippen LogP contribution in [-0.2, 0) is 0 Å². The van der Waals surface area contributed by atoms with Crippen molar-refractivity contribution in [3.05, 3.63) is 40.5 Å². The first-order valence-electron chi connectivity index (χ1n) is 5.53. The Hall–Kier alpha value is -2.21. The predicted octanol–water partition coefficient (Wildman–Crippen LogP) is 3.44. The fourth-order valence-electron chi connectivity index (χ4n) is 1.97. The van der Waals surface area contributed by atoms with Crippen LogP contribution in [0.1, 0.15) is 15.9 Å². The van der Waals surface area contributed by atoms with Crippen molar-refractivity contribution in [2.75, 3.05) is 0 Å². The topological polar surface area (TPSA) is 66.0 Å². The van der Waals surface area contributed by atoms with Crippen molar-refractivity contribution in [1.29, 1.82) is 0 Å². The third-order valence-corrected chi connectivity index (χ3v) is 3.88. The number of thiophene rings is 1. The Bertz CT molecular complexity index is 791. The zero-order chi connectivity index (χ0) is 13.6. The predicted molar refractivity (Wildman–Crippen MR) is 71.1 cm³/mol. The standard InChI is InChI=1S/C13H9FN2O2S/c1-6-2-3-19-11(6)12-15-9-5-7(14)4-8(13(17)18)10(9)16-12/h2-5H,1H3,(H,15,16)(H,17,18). The lowest BCUT2D eigenvalue weighted by Crippen LogP contribution is -1.98. The number of imidazole rings is 1. The summed E-state index contributed by atoms with van der Waals surface area (Å²) in [5.41, 5.74) is 1.57. The summed E-state index contributed by atoms with van der Waals surface area (Å²) in [6.45, 7) is 1.94. The Labute approximate surface area is 111 Å². The molecule has 2 N–H and O–H groups in total. The van der Waals surface area contributed by atoms with Crippen molar-refractivity contribution in [3.63, 3.8) is 0 Å². The normalized spacial score (nSPS) is 11.1. The van der Waals surface area contributed by atoms with Crippen molar-refractivity contribution >= 4 is 28.3 Å². The monoisotopic (exact) mass is 276 g/mol. The minimum absolute atomic E-state index is 0.133. The smallest absolute Gasteiger partial charge is 0.338 e. The van der Waals surface area contributed by atoms with Crippen LogP contribution in [-0.4, -0.2) is 21.0 Å². The molecule has 2 heterocycles. The summed E-state index contributed by atoms with van der Waals surface area (Å²) >= 11 is 1.50. The largest absolute Gasteiger partial charge is 0.478 e. The second kappa shape index (κ2) is 4.17. The van der Waals surface area contributed by atoms with Crippen molar-refractivity contribution in [3.8, 4) is 10.7 Å². The van der Waals surface area contributed by atoms with Gasteiger partial charge in [-0.2, -0.15) is 0 Å². The number of aromatic amines is 1. The molecule has 0 aliphatic carbocycles. The SMILES string of the molecule is Cc1ccsc1-c1nc2c(C(=O)O)cc(F)cc2[nH]1. The third kappa shape index (κ3) is 1.90. The van der Waals surface area contributed by atoms with E-state index in [-0.39, 0.29) is 11.1 Å². The first kappa shape index (κ1) is 11.9. The number of carboxylic acids is 1. The number of halogens is 1. The van der Waals surface area contributed by atoms with Crippen LogP contribution >= 0.6 is 11.3 Å². The Balaban J connectivity index is 2.29. The van der Waals surface area contributed by atoms with Gasteiger partial charge in [0.2, 0.25) is 0 Å². The van der Waals surface area contributed by atoms with E-state index in [1.165, 1.54) is 17.4 Å². The van der Waals surface area contributed by atoms with Gasteiger partial charge in [0.05, 0.1) is 16.0 Å². The molecule has 0 spiro atoms. The second-order valence-corrected chi connectivity index (χ2v) is 5.09. The van der Waals surface area contributed by atoms with Gasteiger partial charge in [-0.05, 0) is 36.1 Å². The molecule has 0 unspecified atom stereocenters. The molecule has 0 atom stereocenters. The highest BCUT2D eigenvalue weighted by atomic mass is 32.1. The summed E-state index contributed by atoms with van der Waals surface area (Å²) < 4.78 is 13.4. The van der Waals surface area contributed by atoms with E-state index >= 15 is 0 Å². The highest BCUT2D eigenvalue weighted by molar-refractivity contribution is 7.13. The fourth-order valence-corrected chi connectivity index (χ4v) is 2.84. The van der Waals surface area contributed by atoms with Crippen LogP contribution in [0.15, 0.2) is 23.6 Å². The first-order chi connectivity index (χ1) is 9.06. The molecule has 1 aromatic carbocycles. The molecule has 0 aliphatic rings. The molecule has 0 bridgehead atoms. The maximum atomic E-state index is 13.4. The van der Waals surface area contributed by atoms with Gasteiger partial charge in [0.15, 0.2) is 0 Å². The molecule has 4 nitrogen and oxygen atoms in total. The molecule has 19 heavy (non-hydrogen) atoms. The zero-order valence-electron chi connectivity index (χ0n) is 9.90. The number of hydrogen-bond donors (Lipinski definition) is 2. The lowest BCUT2D eigenvalue weighted by Gasteiger charge is -1.95. The molecule has 2 aromatic heterocycles. The van der Waals surface area contributed by atoms with E-state index in [1.54, 1.807) is 0 Å². The summed E-state index contributed by atoms with van der Waals surface area (Å²) in [6.07, 6.45) is 0. The molecule has 0 radical (unpaired) electrons. The zero-order valence-corrected chi connectivity index (χ0v) is 10.7. The number of fused-ring (bicyclic) bond motifs is 1. The summed E-state index contributed by atoms with van der Waals surface area (Å²) in [7, 11) is 0. The number of nitrogens with zero attached hydrogens (tertiary/aromatic N) is 1. The van der Waals surface area contributed by atoms with E-state index in [1.807, 2.05) is 18.4 Å². The first-order valence-corrected chi connectivity index (χ1v) is 6.41. The van der Waals surface area contributed by atoms with Gasteiger partial charge in [-0.25, -0.2) is 14.2 Å². The molecule has 0 saturated carbocycles.